The van der Waals surface area contributed by atoms with Gasteiger partial charge in [0.2, 0.25) is 0 Å². The van der Waals surface area contributed by atoms with Crippen LogP contribution in [0, 0.1) is 6.92 Å². The molecule has 0 radical (unpaired) electrons. The molecule has 0 saturated heterocycles. The fraction of sp³-hybridized carbons (Fsp3) is 0.231. The number of aromatic nitrogens is 1. The molecule has 0 aliphatic heterocycles. The van der Waals surface area contributed by atoms with Crippen LogP contribution >= 0.6 is 11.3 Å². The molecular formula is C13H13NO2S. The largest absolute Gasteiger partial charge is 0.493 e. The lowest BCUT2D eigenvalue weighted by molar-refractivity contribution is 0.112. The number of carbonyl (C=O) groups is 1. The zero-order valence-electron chi connectivity index (χ0n) is 9.77. The summed E-state index contributed by atoms with van der Waals surface area (Å²) in [6.45, 7) is 4.47. The molecule has 1 aromatic carbocycles. The summed E-state index contributed by atoms with van der Waals surface area (Å²) in [5.74, 6) is 0.757. The minimum absolute atomic E-state index is 0.571. The maximum Gasteiger partial charge on any atom is 0.150 e. The van der Waals surface area contributed by atoms with Crippen LogP contribution in [0.25, 0.3) is 10.6 Å². The molecule has 3 nitrogen and oxygen atoms in total. The molecule has 0 bridgehead atoms. The lowest BCUT2D eigenvalue weighted by Crippen LogP contribution is -1.99. The van der Waals surface area contributed by atoms with Crippen molar-refractivity contribution in [2.75, 3.05) is 6.61 Å². The number of benzene rings is 1. The summed E-state index contributed by atoms with van der Waals surface area (Å²) < 4.78 is 5.64. The number of rotatable bonds is 4. The maximum atomic E-state index is 11.1. The van der Waals surface area contributed by atoms with Gasteiger partial charge < -0.3 is 4.74 Å². The summed E-state index contributed by atoms with van der Waals surface area (Å²) >= 11 is 1.50. The van der Waals surface area contributed by atoms with E-state index < -0.39 is 0 Å². The Bertz CT molecular complexity index is 520. The molecule has 0 amide bonds. The Morgan fingerprint density at radius 2 is 2.29 bits per heavy atom. The van der Waals surface area contributed by atoms with Gasteiger partial charge in [0.1, 0.15) is 10.8 Å². The number of nitrogens with zero attached hydrogens (tertiary/aromatic N) is 1. The van der Waals surface area contributed by atoms with Gasteiger partial charge in [0, 0.05) is 17.1 Å². The van der Waals surface area contributed by atoms with Crippen LogP contribution in [-0.4, -0.2) is 17.9 Å². The van der Waals surface area contributed by atoms with Gasteiger partial charge >= 0.3 is 0 Å². The van der Waals surface area contributed by atoms with Crippen LogP contribution in [0.5, 0.6) is 5.75 Å². The third kappa shape index (κ3) is 2.22. The van der Waals surface area contributed by atoms with E-state index >= 15 is 0 Å². The molecule has 2 aromatic rings. The predicted octanol–water partition coefficient (Wildman–Crippen LogP) is 3.33. The number of aldehydes is 1. The van der Waals surface area contributed by atoms with Crippen LogP contribution in [0.15, 0.2) is 23.7 Å². The Balaban J connectivity index is 2.67. The molecule has 0 saturated carbocycles. The fourth-order valence-electron chi connectivity index (χ4n) is 1.70. The number of hydrogen-bond acceptors (Lipinski definition) is 4. The highest BCUT2D eigenvalue weighted by molar-refractivity contribution is 7.13. The van der Waals surface area contributed by atoms with E-state index in [9.17, 15) is 4.79 Å². The van der Waals surface area contributed by atoms with Gasteiger partial charge in [0.05, 0.1) is 12.2 Å². The van der Waals surface area contributed by atoms with Crippen molar-refractivity contribution in [1.82, 2.24) is 4.98 Å². The van der Waals surface area contributed by atoms with Gasteiger partial charge in [0.15, 0.2) is 6.29 Å². The monoisotopic (exact) mass is 247 g/mol. The van der Waals surface area contributed by atoms with E-state index in [1.54, 1.807) is 6.20 Å². The van der Waals surface area contributed by atoms with Crippen molar-refractivity contribution in [3.63, 3.8) is 0 Å². The Hall–Kier alpha value is -1.68. The molecule has 0 aliphatic rings. The van der Waals surface area contributed by atoms with E-state index in [0.29, 0.717) is 12.2 Å². The highest BCUT2D eigenvalue weighted by Gasteiger charge is 2.16. The van der Waals surface area contributed by atoms with Gasteiger partial charge in [-0.05, 0) is 19.4 Å². The summed E-state index contributed by atoms with van der Waals surface area (Å²) in [4.78, 5) is 15.4. The molecule has 0 aliphatic carbocycles. The summed E-state index contributed by atoms with van der Waals surface area (Å²) in [6, 6.07) is 3.70. The van der Waals surface area contributed by atoms with Crippen LogP contribution < -0.4 is 4.74 Å². The molecule has 2 rings (SSSR count). The van der Waals surface area contributed by atoms with Crippen LogP contribution in [0.4, 0.5) is 0 Å². The number of thiazole rings is 1. The van der Waals surface area contributed by atoms with Crippen molar-refractivity contribution < 1.29 is 9.53 Å². The fourth-order valence-corrected chi connectivity index (χ4v) is 2.40. The summed E-state index contributed by atoms with van der Waals surface area (Å²) in [7, 11) is 0. The van der Waals surface area contributed by atoms with Gasteiger partial charge in [-0.3, -0.25) is 4.79 Å². The van der Waals surface area contributed by atoms with Crippen LogP contribution in [0.3, 0.4) is 0 Å². The first-order chi connectivity index (χ1) is 8.27. The summed E-state index contributed by atoms with van der Waals surface area (Å²) in [5.41, 5.74) is 2.44. The average molecular weight is 247 g/mol. The Labute approximate surface area is 104 Å². The SMILES string of the molecule is CCOc1c(C)ccc(C=O)c1-c1nccs1. The molecule has 0 spiro atoms. The smallest absolute Gasteiger partial charge is 0.150 e. The maximum absolute atomic E-state index is 11.1. The van der Waals surface area contributed by atoms with E-state index in [1.807, 2.05) is 31.4 Å². The first kappa shape index (κ1) is 11.8. The average Bonchev–Trinajstić information content (AvgIpc) is 2.85. The zero-order chi connectivity index (χ0) is 12.3. The standard InChI is InChI=1S/C13H13NO2S/c1-3-16-12-9(2)4-5-10(8-15)11(12)13-14-6-7-17-13/h4-8H,3H2,1-2H3. The molecular weight excluding hydrogens is 234 g/mol. The molecule has 4 heteroatoms. The number of hydrogen-bond donors (Lipinski definition) is 0. The van der Waals surface area contributed by atoms with E-state index in [2.05, 4.69) is 4.98 Å². The topological polar surface area (TPSA) is 39.2 Å². The van der Waals surface area contributed by atoms with Crippen molar-refractivity contribution in [2.45, 2.75) is 13.8 Å². The highest BCUT2D eigenvalue weighted by Crippen LogP contribution is 2.36. The van der Waals surface area contributed by atoms with Crippen molar-refractivity contribution in [3.8, 4) is 16.3 Å². The van der Waals surface area contributed by atoms with Gasteiger partial charge in [-0.25, -0.2) is 4.98 Å². The predicted molar refractivity (Wildman–Crippen MR) is 68.8 cm³/mol. The van der Waals surface area contributed by atoms with E-state index in [1.165, 1.54) is 11.3 Å². The minimum atomic E-state index is 0.571. The number of aryl methyl sites for hydroxylation is 1. The molecule has 0 N–H and O–H groups in total. The second-order valence-electron chi connectivity index (χ2n) is 3.56. The lowest BCUT2D eigenvalue weighted by Gasteiger charge is -2.13. The third-order valence-electron chi connectivity index (χ3n) is 2.45. The number of carbonyl (C=O) groups excluding carboxylic acids is 1. The van der Waals surface area contributed by atoms with Gasteiger partial charge in [-0.15, -0.1) is 11.3 Å². The molecule has 0 atom stereocenters. The molecule has 88 valence electrons. The normalized spacial score (nSPS) is 10.2. The van der Waals surface area contributed by atoms with Crippen LogP contribution in [-0.2, 0) is 0 Å². The van der Waals surface area contributed by atoms with Gasteiger partial charge in [-0.2, -0.15) is 0 Å². The third-order valence-corrected chi connectivity index (χ3v) is 3.24. The first-order valence-corrected chi connectivity index (χ1v) is 6.27. The molecule has 0 unspecified atom stereocenters. The van der Waals surface area contributed by atoms with E-state index in [-0.39, 0.29) is 0 Å². The quantitative estimate of drug-likeness (QED) is 0.778. The Morgan fingerprint density at radius 1 is 1.47 bits per heavy atom. The van der Waals surface area contributed by atoms with Crippen molar-refractivity contribution in [2.24, 2.45) is 0 Å². The second kappa shape index (κ2) is 5.10. The minimum Gasteiger partial charge on any atom is -0.493 e. The second-order valence-corrected chi connectivity index (χ2v) is 4.46. The van der Waals surface area contributed by atoms with Gasteiger partial charge in [-0.1, -0.05) is 12.1 Å². The zero-order valence-corrected chi connectivity index (χ0v) is 10.6. The molecule has 17 heavy (non-hydrogen) atoms. The van der Waals surface area contributed by atoms with Gasteiger partial charge in [0.25, 0.3) is 0 Å². The molecule has 1 heterocycles. The van der Waals surface area contributed by atoms with Crippen LogP contribution in [0.2, 0.25) is 0 Å². The lowest BCUT2D eigenvalue weighted by atomic mass is 10.0. The van der Waals surface area contributed by atoms with Crippen molar-refractivity contribution in [1.29, 1.82) is 0 Å². The molecule has 1 aromatic heterocycles. The highest BCUT2D eigenvalue weighted by atomic mass is 32.1. The Morgan fingerprint density at radius 3 is 2.88 bits per heavy atom. The van der Waals surface area contributed by atoms with E-state index in [4.69, 9.17) is 4.74 Å². The number of ether oxygens (including phenoxy) is 1. The summed E-state index contributed by atoms with van der Waals surface area (Å²) in [6.07, 6.45) is 2.57. The van der Waals surface area contributed by atoms with Crippen LogP contribution in [0.1, 0.15) is 22.8 Å². The first-order valence-electron chi connectivity index (χ1n) is 5.39. The van der Waals surface area contributed by atoms with E-state index in [0.717, 1.165) is 28.2 Å². The van der Waals surface area contributed by atoms with Crippen molar-refractivity contribution in [3.05, 3.63) is 34.8 Å². The van der Waals surface area contributed by atoms with Crippen molar-refractivity contribution >= 4 is 17.6 Å². The molecule has 0 fully saturated rings. The summed E-state index contributed by atoms with van der Waals surface area (Å²) in [5, 5.41) is 2.71. The Kier molecular flexibility index (Phi) is 3.54.